The van der Waals surface area contributed by atoms with Crippen LogP contribution in [0.15, 0.2) is 42.5 Å². The Bertz CT molecular complexity index is 762. The molecule has 0 saturated heterocycles. The summed E-state index contributed by atoms with van der Waals surface area (Å²) < 4.78 is 2.20. The van der Waals surface area contributed by atoms with Crippen LogP contribution in [0.4, 0.5) is 5.69 Å². The van der Waals surface area contributed by atoms with Gasteiger partial charge in [0, 0.05) is 12.1 Å². The fourth-order valence-corrected chi connectivity index (χ4v) is 2.44. The van der Waals surface area contributed by atoms with E-state index in [1.54, 1.807) is 12.1 Å². The highest BCUT2D eigenvalue weighted by molar-refractivity contribution is 5.81. The lowest BCUT2D eigenvalue weighted by molar-refractivity contribution is 0.478. The third-order valence-corrected chi connectivity index (χ3v) is 3.39. The van der Waals surface area contributed by atoms with Crippen LogP contribution in [-0.2, 0) is 6.54 Å². The second kappa shape index (κ2) is 4.89. The minimum atomic E-state index is 0.104. The molecule has 0 aliphatic rings. The summed E-state index contributed by atoms with van der Waals surface area (Å²) in [6.07, 6.45) is 1.03. The SMILES string of the molecule is CCCn1c(-c2ccc(O)c(N)c2)nc2ccccc21. The van der Waals surface area contributed by atoms with Gasteiger partial charge in [-0.1, -0.05) is 19.1 Å². The van der Waals surface area contributed by atoms with Crippen molar-refractivity contribution >= 4 is 16.7 Å². The average Bonchev–Trinajstić information content (AvgIpc) is 2.82. The highest BCUT2D eigenvalue weighted by atomic mass is 16.3. The molecule has 1 heterocycles. The lowest BCUT2D eigenvalue weighted by Gasteiger charge is -2.08. The largest absolute Gasteiger partial charge is 0.506 e. The summed E-state index contributed by atoms with van der Waals surface area (Å²) in [5.41, 5.74) is 9.18. The number of aryl methyl sites for hydroxylation is 1. The van der Waals surface area contributed by atoms with E-state index in [1.807, 2.05) is 24.3 Å². The van der Waals surface area contributed by atoms with Gasteiger partial charge in [0.15, 0.2) is 0 Å². The zero-order chi connectivity index (χ0) is 14.1. The molecule has 3 rings (SSSR count). The van der Waals surface area contributed by atoms with Crippen molar-refractivity contribution in [2.45, 2.75) is 19.9 Å². The number of fused-ring (bicyclic) bond motifs is 1. The Hall–Kier alpha value is -2.49. The Labute approximate surface area is 117 Å². The minimum absolute atomic E-state index is 0.104. The standard InChI is InChI=1S/C16H17N3O/c1-2-9-19-14-6-4-3-5-13(14)18-16(19)11-7-8-15(20)12(17)10-11/h3-8,10,20H,2,9,17H2,1H3. The fourth-order valence-electron chi connectivity index (χ4n) is 2.44. The van der Waals surface area contributed by atoms with E-state index in [9.17, 15) is 5.11 Å². The number of rotatable bonds is 3. The monoisotopic (exact) mass is 267 g/mol. The number of aromatic nitrogens is 2. The molecule has 0 aliphatic heterocycles. The highest BCUT2D eigenvalue weighted by Crippen LogP contribution is 2.29. The van der Waals surface area contributed by atoms with Crippen LogP contribution in [-0.4, -0.2) is 14.7 Å². The van der Waals surface area contributed by atoms with E-state index in [1.165, 1.54) is 0 Å². The van der Waals surface area contributed by atoms with E-state index in [2.05, 4.69) is 17.6 Å². The van der Waals surface area contributed by atoms with Gasteiger partial charge in [-0.2, -0.15) is 0 Å². The van der Waals surface area contributed by atoms with Crippen molar-refractivity contribution in [3.05, 3.63) is 42.5 Å². The van der Waals surface area contributed by atoms with Gasteiger partial charge in [0.2, 0.25) is 0 Å². The Morgan fingerprint density at radius 3 is 2.75 bits per heavy atom. The molecule has 0 fully saturated rings. The van der Waals surface area contributed by atoms with Gasteiger partial charge in [-0.05, 0) is 36.8 Å². The first kappa shape index (κ1) is 12.5. The van der Waals surface area contributed by atoms with Gasteiger partial charge >= 0.3 is 0 Å². The van der Waals surface area contributed by atoms with Crippen molar-refractivity contribution in [1.29, 1.82) is 0 Å². The summed E-state index contributed by atoms with van der Waals surface area (Å²) in [7, 11) is 0. The predicted octanol–water partition coefficient (Wildman–Crippen LogP) is 3.40. The third-order valence-electron chi connectivity index (χ3n) is 3.39. The highest BCUT2D eigenvalue weighted by Gasteiger charge is 2.12. The number of nitrogen functional groups attached to an aromatic ring is 1. The van der Waals surface area contributed by atoms with E-state index in [4.69, 9.17) is 10.7 Å². The summed E-state index contributed by atoms with van der Waals surface area (Å²) in [5, 5.41) is 9.55. The van der Waals surface area contributed by atoms with Gasteiger partial charge in [0.25, 0.3) is 0 Å². The molecule has 0 unspecified atom stereocenters. The number of para-hydroxylation sites is 2. The van der Waals surface area contributed by atoms with Crippen molar-refractivity contribution in [2.75, 3.05) is 5.73 Å². The first-order valence-electron chi connectivity index (χ1n) is 6.75. The number of hydrogen-bond acceptors (Lipinski definition) is 3. The van der Waals surface area contributed by atoms with Crippen LogP contribution in [0, 0.1) is 0 Å². The molecule has 0 amide bonds. The maximum atomic E-state index is 9.55. The van der Waals surface area contributed by atoms with E-state index in [0.717, 1.165) is 35.4 Å². The predicted molar refractivity (Wildman–Crippen MR) is 81.5 cm³/mol. The van der Waals surface area contributed by atoms with E-state index in [0.29, 0.717) is 5.69 Å². The van der Waals surface area contributed by atoms with Crippen LogP contribution < -0.4 is 5.73 Å². The van der Waals surface area contributed by atoms with E-state index < -0.39 is 0 Å². The van der Waals surface area contributed by atoms with Crippen LogP contribution in [0.5, 0.6) is 5.75 Å². The maximum Gasteiger partial charge on any atom is 0.141 e. The van der Waals surface area contributed by atoms with Gasteiger partial charge in [-0.3, -0.25) is 0 Å². The Balaban J connectivity index is 2.23. The third kappa shape index (κ3) is 1.99. The van der Waals surface area contributed by atoms with Crippen molar-refractivity contribution < 1.29 is 5.11 Å². The van der Waals surface area contributed by atoms with Crippen LogP contribution in [0.2, 0.25) is 0 Å². The first-order valence-corrected chi connectivity index (χ1v) is 6.75. The molecular formula is C16H17N3O. The van der Waals surface area contributed by atoms with Crippen LogP contribution >= 0.6 is 0 Å². The van der Waals surface area contributed by atoms with Gasteiger partial charge in [-0.15, -0.1) is 0 Å². The molecule has 3 aromatic rings. The minimum Gasteiger partial charge on any atom is -0.506 e. The van der Waals surface area contributed by atoms with E-state index >= 15 is 0 Å². The van der Waals surface area contributed by atoms with Crippen molar-refractivity contribution in [3.8, 4) is 17.1 Å². The van der Waals surface area contributed by atoms with Gasteiger partial charge in [-0.25, -0.2) is 4.98 Å². The average molecular weight is 267 g/mol. The summed E-state index contributed by atoms with van der Waals surface area (Å²) in [6, 6.07) is 13.3. The zero-order valence-corrected chi connectivity index (χ0v) is 11.4. The molecular weight excluding hydrogens is 250 g/mol. The van der Waals surface area contributed by atoms with Crippen molar-refractivity contribution in [1.82, 2.24) is 9.55 Å². The molecule has 20 heavy (non-hydrogen) atoms. The number of imidazole rings is 1. The number of phenols is 1. The molecule has 0 radical (unpaired) electrons. The summed E-state index contributed by atoms with van der Waals surface area (Å²) in [6.45, 7) is 3.04. The fraction of sp³-hybridized carbons (Fsp3) is 0.188. The summed E-state index contributed by atoms with van der Waals surface area (Å²) >= 11 is 0. The number of nitrogens with zero attached hydrogens (tertiary/aromatic N) is 2. The molecule has 1 aromatic heterocycles. The quantitative estimate of drug-likeness (QED) is 0.564. The molecule has 4 heteroatoms. The number of anilines is 1. The van der Waals surface area contributed by atoms with E-state index in [-0.39, 0.29) is 5.75 Å². The smallest absolute Gasteiger partial charge is 0.141 e. The number of hydrogen-bond donors (Lipinski definition) is 2. The molecule has 102 valence electrons. The Morgan fingerprint density at radius 1 is 1.20 bits per heavy atom. The van der Waals surface area contributed by atoms with Crippen LogP contribution in [0.25, 0.3) is 22.4 Å². The van der Waals surface area contributed by atoms with Crippen molar-refractivity contribution in [3.63, 3.8) is 0 Å². The summed E-state index contributed by atoms with van der Waals surface area (Å²) in [5.74, 6) is 0.992. The Kier molecular flexibility index (Phi) is 3.06. The normalized spacial score (nSPS) is 11.1. The van der Waals surface area contributed by atoms with Gasteiger partial charge < -0.3 is 15.4 Å². The topological polar surface area (TPSA) is 64.1 Å². The van der Waals surface area contributed by atoms with Crippen LogP contribution in [0.1, 0.15) is 13.3 Å². The second-order valence-electron chi connectivity index (χ2n) is 4.85. The lowest BCUT2D eigenvalue weighted by atomic mass is 10.1. The molecule has 0 aliphatic carbocycles. The first-order chi connectivity index (χ1) is 9.70. The number of benzene rings is 2. The number of phenolic OH excluding ortho intramolecular Hbond substituents is 1. The molecule has 0 bridgehead atoms. The molecule has 0 atom stereocenters. The lowest BCUT2D eigenvalue weighted by Crippen LogP contribution is -2.00. The second-order valence-corrected chi connectivity index (χ2v) is 4.85. The van der Waals surface area contributed by atoms with Gasteiger partial charge in [0.1, 0.15) is 11.6 Å². The zero-order valence-electron chi connectivity index (χ0n) is 11.4. The molecule has 3 N–H and O–H groups in total. The van der Waals surface area contributed by atoms with Crippen LogP contribution in [0.3, 0.4) is 0 Å². The summed E-state index contributed by atoms with van der Waals surface area (Å²) in [4.78, 5) is 4.70. The van der Waals surface area contributed by atoms with Crippen molar-refractivity contribution in [2.24, 2.45) is 0 Å². The number of nitrogens with two attached hydrogens (primary N) is 1. The Morgan fingerprint density at radius 2 is 2.00 bits per heavy atom. The molecule has 0 saturated carbocycles. The molecule has 0 spiro atoms. The van der Waals surface area contributed by atoms with Gasteiger partial charge in [0.05, 0.1) is 16.7 Å². The number of aromatic hydroxyl groups is 1. The molecule has 2 aromatic carbocycles. The maximum absolute atomic E-state index is 9.55. The molecule has 4 nitrogen and oxygen atoms in total.